The summed E-state index contributed by atoms with van der Waals surface area (Å²) in [7, 11) is 0. The van der Waals surface area contributed by atoms with E-state index in [1.54, 1.807) is 17.5 Å². The Balaban J connectivity index is 2.18. The highest BCUT2D eigenvalue weighted by molar-refractivity contribution is 9.10. The average Bonchev–Trinajstić information content (AvgIpc) is 2.79. The predicted octanol–water partition coefficient (Wildman–Crippen LogP) is 2.46. The summed E-state index contributed by atoms with van der Waals surface area (Å²) in [6.45, 7) is 4.01. The summed E-state index contributed by atoms with van der Waals surface area (Å²) >= 11 is 5.01. The van der Waals surface area contributed by atoms with Crippen molar-refractivity contribution < 1.29 is 0 Å². The van der Waals surface area contributed by atoms with Gasteiger partial charge in [-0.1, -0.05) is 0 Å². The van der Waals surface area contributed by atoms with Crippen molar-refractivity contribution in [3.63, 3.8) is 0 Å². The van der Waals surface area contributed by atoms with Crippen LogP contribution in [-0.4, -0.2) is 15.0 Å². The first-order valence-corrected chi connectivity index (χ1v) is 6.95. The largest absolute Gasteiger partial charge is 0.360 e. The summed E-state index contributed by atoms with van der Waals surface area (Å²) in [6.07, 6.45) is 1.64. The molecule has 8 heteroatoms. The van der Waals surface area contributed by atoms with Gasteiger partial charge < -0.3 is 5.32 Å². The van der Waals surface area contributed by atoms with Crippen LogP contribution in [0.15, 0.2) is 16.0 Å². The lowest BCUT2D eigenvalue weighted by molar-refractivity contribution is 0.851. The van der Waals surface area contributed by atoms with Gasteiger partial charge in [0.05, 0.1) is 10.5 Å². The molecule has 0 fully saturated rings. The summed E-state index contributed by atoms with van der Waals surface area (Å²) in [4.78, 5) is 12.7. The number of nitrogens with zero attached hydrogens (tertiary/aromatic N) is 3. The lowest BCUT2D eigenvalue weighted by Gasteiger charge is -2.13. The fraction of sp³-hybridized carbons (Fsp3) is 0.300. The quantitative estimate of drug-likeness (QED) is 0.590. The molecule has 0 aliphatic carbocycles. The second kappa shape index (κ2) is 5.59. The monoisotopic (exact) mass is 328 g/mol. The Labute approximate surface area is 117 Å². The van der Waals surface area contributed by atoms with Gasteiger partial charge in [-0.15, -0.1) is 11.3 Å². The van der Waals surface area contributed by atoms with E-state index in [0.29, 0.717) is 11.8 Å². The number of nitrogens with one attached hydrogen (secondary N) is 2. The Morgan fingerprint density at radius 3 is 2.83 bits per heavy atom. The number of hydrazine groups is 1. The van der Waals surface area contributed by atoms with Gasteiger partial charge >= 0.3 is 0 Å². The molecule has 0 spiro atoms. The van der Waals surface area contributed by atoms with Gasteiger partial charge in [-0.2, -0.15) is 4.98 Å². The van der Waals surface area contributed by atoms with E-state index in [-0.39, 0.29) is 6.04 Å². The van der Waals surface area contributed by atoms with Crippen LogP contribution < -0.4 is 16.6 Å². The van der Waals surface area contributed by atoms with Crippen molar-refractivity contribution >= 4 is 39.0 Å². The summed E-state index contributed by atoms with van der Waals surface area (Å²) in [5.74, 6) is 6.33. The van der Waals surface area contributed by atoms with Crippen LogP contribution in [0.1, 0.15) is 23.7 Å². The smallest absolute Gasteiger partial charge is 0.239 e. The van der Waals surface area contributed by atoms with Gasteiger partial charge in [0.2, 0.25) is 5.95 Å². The Kier molecular flexibility index (Phi) is 4.10. The van der Waals surface area contributed by atoms with Crippen molar-refractivity contribution in [2.24, 2.45) is 5.84 Å². The zero-order chi connectivity index (χ0) is 13.1. The van der Waals surface area contributed by atoms with Gasteiger partial charge in [0.1, 0.15) is 10.8 Å². The number of nitrogens with two attached hydrogens (primary N) is 1. The molecule has 2 aromatic rings. The van der Waals surface area contributed by atoms with E-state index in [0.717, 1.165) is 15.2 Å². The van der Waals surface area contributed by atoms with Gasteiger partial charge in [0, 0.05) is 17.3 Å². The van der Waals surface area contributed by atoms with Crippen molar-refractivity contribution in [2.45, 2.75) is 19.9 Å². The number of aromatic nitrogens is 3. The van der Waals surface area contributed by atoms with Crippen molar-refractivity contribution in [3.8, 4) is 0 Å². The number of thiazole rings is 1. The molecule has 0 aromatic carbocycles. The molecule has 4 N–H and O–H groups in total. The van der Waals surface area contributed by atoms with Crippen LogP contribution in [0.2, 0.25) is 0 Å². The molecular formula is C10H13BrN6S. The number of hydrogen-bond acceptors (Lipinski definition) is 7. The predicted molar refractivity (Wildman–Crippen MR) is 76.4 cm³/mol. The highest BCUT2D eigenvalue weighted by Crippen LogP contribution is 2.26. The van der Waals surface area contributed by atoms with Crippen molar-refractivity contribution in [1.82, 2.24) is 15.0 Å². The number of aryl methyl sites for hydroxylation is 1. The van der Waals surface area contributed by atoms with E-state index >= 15 is 0 Å². The van der Waals surface area contributed by atoms with E-state index in [9.17, 15) is 0 Å². The van der Waals surface area contributed by atoms with E-state index in [4.69, 9.17) is 5.84 Å². The average molecular weight is 329 g/mol. The minimum atomic E-state index is 0.0699. The molecule has 0 aliphatic rings. The molecule has 96 valence electrons. The van der Waals surface area contributed by atoms with Gasteiger partial charge in [-0.25, -0.2) is 15.8 Å². The number of halogens is 1. The molecule has 1 unspecified atom stereocenters. The lowest BCUT2D eigenvalue weighted by Crippen LogP contribution is -2.13. The third-order valence-corrected chi connectivity index (χ3v) is 3.96. The topological polar surface area (TPSA) is 88.8 Å². The van der Waals surface area contributed by atoms with Crippen molar-refractivity contribution in [2.75, 3.05) is 10.7 Å². The Bertz CT molecular complexity index is 543. The SMILES string of the molecule is Cc1csc(C(C)Nc2nc(NN)ncc2Br)n1. The minimum Gasteiger partial charge on any atom is -0.360 e. The molecule has 0 radical (unpaired) electrons. The molecule has 0 saturated carbocycles. The van der Waals surface area contributed by atoms with Gasteiger partial charge in [0.25, 0.3) is 0 Å². The summed E-state index contributed by atoms with van der Waals surface area (Å²) < 4.78 is 0.779. The van der Waals surface area contributed by atoms with E-state index < -0.39 is 0 Å². The van der Waals surface area contributed by atoms with Gasteiger partial charge in [-0.3, -0.25) is 5.43 Å². The molecule has 0 aliphatic heterocycles. The second-order valence-electron chi connectivity index (χ2n) is 3.73. The van der Waals surface area contributed by atoms with Crippen LogP contribution in [0.25, 0.3) is 0 Å². The lowest BCUT2D eigenvalue weighted by atomic mass is 10.3. The molecule has 1 atom stereocenters. The number of hydrogen-bond donors (Lipinski definition) is 3. The first-order chi connectivity index (χ1) is 8.60. The molecule has 2 aromatic heterocycles. The molecule has 2 rings (SSSR count). The summed E-state index contributed by atoms with van der Waals surface area (Å²) in [5.41, 5.74) is 3.44. The normalized spacial score (nSPS) is 12.2. The van der Waals surface area contributed by atoms with Crippen LogP contribution in [-0.2, 0) is 0 Å². The third kappa shape index (κ3) is 2.95. The maximum atomic E-state index is 5.29. The minimum absolute atomic E-state index is 0.0699. The zero-order valence-corrected chi connectivity index (χ0v) is 12.3. The van der Waals surface area contributed by atoms with Gasteiger partial charge in [-0.05, 0) is 29.8 Å². The maximum Gasteiger partial charge on any atom is 0.239 e. The molecule has 0 saturated heterocycles. The highest BCUT2D eigenvalue weighted by Gasteiger charge is 2.12. The van der Waals surface area contributed by atoms with E-state index in [1.807, 2.05) is 19.2 Å². The van der Waals surface area contributed by atoms with Gasteiger partial charge in [0.15, 0.2) is 0 Å². The molecule has 0 bridgehead atoms. The fourth-order valence-corrected chi connectivity index (χ4v) is 2.49. The first-order valence-electron chi connectivity index (χ1n) is 5.28. The van der Waals surface area contributed by atoms with E-state index in [1.165, 1.54) is 0 Å². The zero-order valence-electron chi connectivity index (χ0n) is 9.94. The molecule has 0 amide bonds. The Morgan fingerprint density at radius 1 is 1.44 bits per heavy atom. The van der Waals surface area contributed by atoms with E-state index in [2.05, 4.69) is 41.6 Å². The summed E-state index contributed by atoms with van der Waals surface area (Å²) in [6, 6.07) is 0.0699. The molecular weight excluding hydrogens is 316 g/mol. The highest BCUT2D eigenvalue weighted by atomic mass is 79.9. The molecule has 18 heavy (non-hydrogen) atoms. The summed E-state index contributed by atoms with van der Waals surface area (Å²) in [5, 5.41) is 6.31. The van der Waals surface area contributed by atoms with Crippen LogP contribution in [0.5, 0.6) is 0 Å². The second-order valence-corrected chi connectivity index (χ2v) is 5.47. The van der Waals surface area contributed by atoms with Crippen molar-refractivity contribution in [3.05, 3.63) is 26.8 Å². The third-order valence-electron chi connectivity index (χ3n) is 2.23. The standard InChI is InChI=1S/C10H13BrN6S/c1-5-4-18-9(14-5)6(2)15-8-7(11)3-13-10(16-8)17-12/h3-4,6H,12H2,1-2H3,(H2,13,15,16,17). The van der Waals surface area contributed by atoms with Crippen LogP contribution >= 0.6 is 27.3 Å². The van der Waals surface area contributed by atoms with Crippen LogP contribution in [0, 0.1) is 6.92 Å². The Hall–Kier alpha value is -1.25. The number of rotatable bonds is 4. The fourth-order valence-electron chi connectivity index (χ4n) is 1.38. The van der Waals surface area contributed by atoms with Crippen molar-refractivity contribution in [1.29, 1.82) is 0 Å². The first kappa shape index (κ1) is 13.2. The van der Waals surface area contributed by atoms with Crippen LogP contribution in [0.3, 0.4) is 0 Å². The number of nitrogen functional groups attached to an aromatic ring is 1. The molecule has 6 nitrogen and oxygen atoms in total. The maximum absolute atomic E-state index is 5.29. The molecule has 2 heterocycles. The number of anilines is 2. The van der Waals surface area contributed by atoms with Crippen LogP contribution in [0.4, 0.5) is 11.8 Å². The Morgan fingerprint density at radius 2 is 2.22 bits per heavy atom.